The lowest BCUT2D eigenvalue weighted by molar-refractivity contribution is 0.478. The summed E-state index contributed by atoms with van der Waals surface area (Å²) in [5, 5.41) is 22.2. The zero-order valence-corrected chi connectivity index (χ0v) is 43.9. The van der Waals surface area contributed by atoms with Crippen LogP contribution in [0.1, 0.15) is 78.8 Å². The molecule has 4 heteroatoms. The van der Waals surface area contributed by atoms with Gasteiger partial charge in [-0.25, -0.2) is 0 Å². The van der Waals surface area contributed by atoms with Crippen LogP contribution in [0.15, 0.2) is 210 Å². The third kappa shape index (κ3) is 7.56. The van der Waals surface area contributed by atoms with Crippen molar-refractivity contribution in [2.45, 2.75) is 72.6 Å². The highest BCUT2D eigenvalue weighted by Crippen LogP contribution is 2.52. The van der Waals surface area contributed by atoms with Crippen molar-refractivity contribution in [1.29, 1.82) is 0 Å². The van der Waals surface area contributed by atoms with Crippen molar-refractivity contribution in [3.8, 4) is 16.9 Å². The van der Waals surface area contributed by atoms with Gasteiger partial charge in [0.05, 0.1) is 22.7 Å². The number of fused-ring (bicyclic) bond motifs is 13. The Labute approximate surface area is 445 Å². The number of benzene rings is 10. The number of nitrogens with zero attached hydrogens (tertiary/aromatic N) is 2. The van der Waals surface area contributed by atoms with E-state index in [2.05, 4.69) is 239 Å². The standard InChI is InChI=1S/C72H60N2O2/c1-43-35-44(2)38-55(37-43)74(67-22-12-20-60-59-19-10-18-58(71(59)76-72(60)67)50-13-7-6-8-14-50)65-34-30-52-27-31-61-64(33-29-51-28-32-62(65)69(52)68(51)61)73-56-39-45(3)36-48(41-56)24-26-49-25-23-46(4)63(40-47(49)5)54-16-9-15-53(42-54)57-17-11-21-66(73)70(57)75/h6-7,9-12,15-23,25,27-42,49-50,75H,8,13-14,24,26H2,1-5H3. The van der Waals surface area contributed by atoms with E-state index in [-0.39, 0.29) is 5.75 Å². The third-order valence-corrected chi connectivity index (χ3v) is 16.9. The van der Waals surface area contributed by atoms with Crippen molar-refractivity contribution in [2.24, 2.45) is 5.92 Å². The van der Waals surface area contributed by atoms with E-state index in [0.717, 1.165) is 121 Å². The van der Waals surface area contributed by atoms with Gasteiger partial charge in [0.2, 0.25) is 0 Å². The van der Waals surface area contributed by atoms with Crippen LogP contribution in [0.3, 0.4) is 0 Å². The van der Waals surface area contributed by atoms with Gasteiger partial charge in [0, 0.05) is 38.5 Å². The van der Waals surface area contributed by atoms with Gasteiger partial charge >= 0.3 is 0 Å². The van der Waals surface area contributed by atoms with Crippen molar-refractivity contribution in [3.63, 3.8) is 0 Å². The molecule has 370 valence electrons. The summed E-state index contributed by atoms with van der Waals surface area (Å²) in [6.45, 7) is 11.1. The molecule has 2 aliphatic carbocycles. The Balaban J connectivity index is 0.997. The number of allylic oxidation sites excluding steroid dienone is 8. The van der Waals surface area contributed by atoms with Crippen molar-refractivity contribution < 1.29 is 9.52 Å². The molecule has 0 saturated carbocycles. The van der Waals surface area contributed by atoms with Gasteiger partial charge in [-0.1, -0.05) is 145 Å². The lowest BCUT2D eigenvalue weighted by Crippen LogP contribution is -2.13. The molecule has 10 aromatic carbocycles. The summed E-state index contributed by atoms with van der Waals surface area (Å²) < 4.78 is 7.23. The summed E-state index contributed by atoms with van der Waals surface area (Å²) in [5.74, 6) is 0.987. The number of aryl methyl sites for hydroxylation is 4. The lowest BCUT2D eigenvalue weighted by atomic mass is 9.87. The highest BCUT2D eigenvalue weighted by atomic mass is 16.3. The predicted octanol–water partition coefficient (Wildman–Crippen LogP) is 20.4. The maximum absolute atomic E-state index is 12.9. The predicted molar refractivity (Wildman–Crippen MR) is 321 cm³/mol. The van der Waals surface area contributed by atoms with E-state index in [1.165, 1.54) is 60.7 Å². The highest BCUT2D eigenvalue weighted by molar-refractivity contribution is 6.28. The number of aromatic hydroxyl groups is 1. The van der Waals surface area contributed by atoms with Crippen molar-refractivity contribution in [3.05, 3.63) is 239 Å². The minimum atomic E-state index is 0.243. The molecular weight excluding hydrogens is 925 g/mol. The summed E-state index contributed by atoms with van der Waals surface area (Å²) >= 11 is 0. The van der Waals surface area contributed by atoms with Crippen molar-refractivity contribution in [1.82, 2.24) is 0 Å². The zero-order valence-electron chi connectivity index (χ0n) is 43.9. The molecule has 11 aromatic rings. The van der Waals surface area contributed by atoms with Crippen LogP contribution in [0, 0.1) is 26.7 Å². The molecule has 0 amide bonds. The van der Waals surface area contributed by atoms with E-state index in [1.54, 1.807) is 0 Å². The first kappa shape index (κ1) is 46.0. The zero-order chi connectivity index (χ0) is 51.3. The number of hydrogen-bond donors (Lipinski definition) is 1. The summed E-state index contributed by atoms with van der Waals surface area (Å²) in [6.07, 6.45) is 16.9. The average Bonchev–Trinajstić information content (AvgIpc) is 3.79. The number of phenolic OH excluding ortho intramolecular Hbond substituents is 1. The van der Waals surface area contributed by atoms with Crippen LogP contribution in [-0.4, -0.2) is 5.11 Å². The minimum absolute atomic E-state index is 0.243. The second kappa shape index (κ2) is 18.1. The molecule has 76 heavy (non-hydrogen) atoms. The molecule has 0 radical (unpaired) electrons. The molecule has 1 aromatic heterocycles. The van der Waals surface area contributed by atoms with E-state index >= 15 is 0 Å². The van der Waals surface area contributed by atoms with Gasteiger partial charge in [0.15, 0.2) is 5.58 Å². The average molecular weight is 985 g/mol. The topological polar surface area (TPSA) is 39.9 Å². The largest absolute Gasteiger partial charge is 0.505 e. The first-order chi connectivity index (χ1) is 37.1. The summed E-state index contributed by atoms with van der Waals surface area (Å²) in [6, 6.07) is 60.5. The van der Waals surface area contributed by atoms with Crippen LogP contribution < -0.4 is 9.80 Å². The van der Waals surface area contributed by atoms with Gasteiger partial charge in [-0.15, -0.1) is 0 Å². The Hall–Kier alpha value is -8.60. The van der Waals surface area contributed by atoms with Gasteiger partial charge in [-0.05, 0) is 205 Å². The second-order valence-electron chi connectivity index (χ2n) is 22.0. The smallest absolute Gasteiger partial charge is 0.159 e. The second-order valence-corrected chi connectivity index (χ2v) is 22.0. The quantitative estimate of drug-likeness (QED) is 0.138. The first-order valence-electron chi connectivity index (χ1n) is 27.2. The van der Waals surface area contributed by atoms with Crippen LogP contribution in [-0.2, 0) is 6.42 Å². The van der Waals surface area contributed by atoms with Crippen molar-refractivity contribution >= 4 is 94.0 Å². The monoisotopic (exact) mass is 984 g/mol. The van der Waals surface area contributed by atoms with Crippen LogP contribution >= 0.6 is 0 Å². The Morgan fingerprint density at radius 1 is 0.579 bits per heavy atom. The van der Waals surface area contributed by atoms with E-state index in [9.17, 15) is 5.11 Å². The number of hydrogen-bond acceptors (Lipinski definition) is 4. The number of furan rings is 1. The fourth-order valence-corrected chi connectivity index (χ4v) is 13.3. The SMILES string of the molecule is CC1=CC2=C(C)C=CC1CCc1cc(C)cc(c1)N(c1ccc3ccc4c(N(c5cc(C)cc(C)c5)c5cccc6c5oc5c(C7CC=CCC7)cccc56)ccc5ccc1c3c54)c1cccc(c1O)-c1cccc2c1. The molecular formula is C72H60N2O2. The number of anilines is 6. The molecule has 4 nitrogen and oxygen atoms in total. The minimum Gasteiger partial charge on any atom is -0.505 e. The fraction of sp³-hybridized carbons (Fsp3) is 0.167. The number of rotatable bonds is 5. The summed E-state index contributed by atoms with van der Waals surface area (Å²) in [5.41, 5.74) is 20.7. The maximum atomic E-state index is 12.9. The summed E-state index contributed by atoms with van der Waals surface area (Å²) in [7, 11) is 0. The molecule has 2 heterocycles. The number of para-hydroxylation sites is 3. The molecule has 0 spiro atoms. The number of phenols is 1. The third-order valence-electron chi connectivity index (χ3n) is 16.9. The van der Waals surface area contributed by atoms with E-state index < -0.39 is 0 Å². The van der Waals surface area contributed by atoms with E-state index in [0.29, 0.717) is 11.8 Å². The summed E-state index contributed by atoms with van der Waals surface area (Å²) in [4.78, 5) is 4.76. The fourth-order valence-electron chi connectivity index (χ4n) is 13.3. The van der Waals surface area contributed by atoms with Gasteiger partial charge in [0.1, 0.15) is 11.3 Å². The molecule has 1 aliphatic heterocycles. The first-order valence-corrected chi connectivity index (χ1v) is 27.2. The van der Waals surface area contributed by atoms with Crippen LogP contribution in [0.2, 0.25) is 0 Å². The van der Waals surface area contributed by atoms with E-state index in [1.807, 2.05) is 0 Å². The molecule has 0 fully saturated rings. The Kier molecular flexibility index (Phi) is 10.9. The molecule has 0 saturated heterocycles. The lowest BCUT2D eigenvalue weighted by Gasteiger charge is -2.30. The molecule has 3 aliphatic rings. The Morgan fingerprint density at radius 2 is 1.30 bits per heavy atom. The molecule has 14 rings (SSSR count). The molecule has 8 bridgehead atoms. The Bertz CT molecular complexity index is 4290. The van der Waals surface area contributed by atoms with Crippen LogP contribution in [0.25, 0.3) is 71.0 Å². The van der Waals surface area contributed by atoms with E-state index in [4.69, 9.17) is 4.42 Å². The van der Waals surface area contributed by atoms with Gasteiger partial charge in [-0.2, -0.15) is 0 Å². The molecule has 2 unspecified atom stereocenters. The van der Waals surface area contributed by atoms with Crippen molar-refractivity contribution in [2.75, 3.05) is 9.80 Å². The van der Waals surface area contributed by atoms with Crippen LogP contribution in [0.4, 0.5) is 34.1 Å². The normalized spacial score (nSPS) is 16.7. The Morgan fingerprint density at radius 3 is 2.13 bits per heavy atom. The molecule has 1 N–H and O–H groups in total. The van der Waals surface area contributed by atoms with Gasteiger partial charge in [0.25, 0.3) is 0 Å². The highest BCUT2D eigenvalue weighted by Gasteiger charge is 2.28. The van der Waals surface area contributed by atoms with Crippen LogP contribution in [0.5, 0.6) is 5.75 Å². The maximum Gasteiger partial charge on any atom is 0.159 e. The van der Waals surface area contributed by atoms with Gasteiger partial charge in [-0.3, -0.25) is 0 Å². The van der Waals surface area contributed by atoms with Gasteiger partial charge < -0.3 is 19.3 Å². The molecule has 2 atom stereocenters.